The van der Waals surface area contributed by atoms with Gasteiger partial charge in [-0.2, -0.15) is 0 Å². The number of fused-ring (bicyclic) bond motifs is 2. The van der Waals surface area contributed by atoms with Crippen LogP contribution < -0.4 is 10.5 Å². The van der Waals surface area contributed by atoms with E-state index in [1.807, 2.05) is 29.8 Å². The Bertz CT molecular complexity index is 735. The predicted molar refractivity (Wildman–Crippen MR) is 79.2 cm³/mol. The molecule has 0 fully saturated rings. The molecule has 2 N–H and O–H groups in total. The number of thiazole rings is 1. The average molecular weight is 285 g/mol. The maximum absolute atomic E-state index is 6.67. The Morgan fingerprint density at radius 3 is 3.20 bits per heavy atom. The lowest BCUT2D eigenvalue weighted by Gasteiger charge is -2.35. The number of aromatic nitrogens is 2. The molecular weight excluding hydrogens is 270 g/mol. The molecule has 4 nitrogen and oxygen atoms in total. The van der Waals surface area contributed by atoms with Crippen LogP contribution in [-0.2, 0) is 12.0 Å². The molecule has 102 valence electrons. The first kappa shape index (κ1) is 11.9. The lowest BCUT2D eigenvalue weighted by molar-refractivity contribution is 0.215. The highest BCUT2D eigenvalue weighted by Gasteiger charge is 2.34. The van der Waals surface area contributed by atoms with Gasteiger partial charge in [-0.25, -0.2) is 4.98 Å². The van der Waals surface area contributed by atoms with Gasteiger partial charge in [0, 0.05) is 36.2 Å². The first-order valence-corrected chi connectivity index (χ1v) is 7.55. The molecule has 5 heteroatoms. The second kappa shape index (κ2) is 4.33. The van der Waals surface area contributed by atoms with E-state index in [1.54, 1.807) is 11.3 Å². The average Bonchev–Trinajstić information content (AvgIpc) is 3.00. The molecular formula is C15H15N3OS. The Hall–Kier alpha value is -1.85. The molecule has 3 aromatic rings. The van der Waals surface area contributed by atoms with Gasteiger partial charge >= 0.3 is 0 Å². The number of hydrogen-bond acceptors (Lipinski definition) is 4. The maximum Gasteiger partial charge on any atom is 0.193 e. The number of para-hydroxylation sites is 1. The SMILES string of the molecule is NC1(Cc2cn3ccsc3n2)CCOc2ccccc21. The summed E-state index contributed by atoms with van der Waals surface area (Å²) in [4.78, 5) is 5.66. The molecule has 20 heavy (non-hydrogen) atoms. The van der Waals surface area contributed by atoms with E-state index in [0.717, 1.165) is 34.8 Å². The van der Waals surface area contributed by atoms with Crippen molar-refractivity contribution in [3.8, 4) is 5.75 Å². The van der Waals surface area contributed by atoms with Crippen LogP contribution in [0.15, 0.2) is 42.0 Å². The summed E-state index contributed by atoms with van der Waals surface area (Å²) >= 11 is 1.64. The van der Waals surface area contributed by atoms with Crippen molar-refractivity contribution in [1.29, 1.82) is 0 Å². The van der Waals surface area contributed by atoms with Gasteiger partial charge in [0.15, 0.2) is 4.96 Å². The third-order valence-corrected chi connectivity index (χ3v) is 4.64. The van der Waals surface area contributed by atoms with Gasteiger partial charge in [-0.3, -0.25) is 4.40 Å². The van der Waals surface area contributed by atoms with Gasteiger partial charge in [0.1, 0.15) is 5.75 Å². The third-order valence-electron chi connectivity index (χ3n) is 3.87. The molecule has 0 amide bonds. The fraction of sp³-hybridized carbons (Fsp3) is 0.267. The number of nitrogens with two attached hydrogens (primary N) is 1. The Kier molecular flexibility index (Phi) is 2.58. The van der Waals surface area contributed by atoms with Crippen LogP contribution >= 0.6 is 11.3 Å². The summed E-state index contributed by atoms with van der Waals surface area (Å²) < 4.78 is 7.75. The Morgan fingerprint density at radius 1 is 1.40 bits per heavy atom. The molecule has 3 heterocycles. The maximum atomic E-state index is 6.67. The van der Waals surface area contributed by atoms with E-state index in [9.17, 15) is 0 Å². The number of imidazole rings is 1. The quantitative estimate of drug-likeness (QED) is 0.787. The minimum absolute atomic E-state index is 0.390. The van der Waals surface area contributed by atoms with Crippen LogP contribution in [0.5, 0.6) is 5.75 Å². The van der Waals surface area contributed by atoms with Gasteiger partial charge in [-0.15, -0.1) is 11.3 Å². The molecule has 0 bridgehead atoms. The van der Waals surface area contributed by atoms with Crippen molar-refractivity contribution in [2.75, 3.05) is 6.61 Å². The topological polar surface area (TPSA) is 52.5 Å². The molecule has 1 aliphatic heterocycles. The Morgan fingerprint density at radius 2 is 2.30 bits per heavy atom. The van der Waals surface area contributed by atoms with E-state index < -0.39 is 5.54 Å². The third kappa shape index (κ3) is 1.82. The normalized spacial score (nSPS) is 21.6. The van der Waals surface area contributed by atoms with Crippen molar-refractivity contribution >= 4 is 16.3 Å². The van der Waals surface area contributed by atoms with E-state index in [0.29, 0.717) is 6.61 Å². The minimum atomic E-state index is -0.390. The van der Waals surface area contributed by atoms with Crippen LogP contribution in [0.25, 0.3) is 4.96 Å². The minimum Gasteiger partial charge on any atom is -0.493 e. The fourth-order valence-electron chi connectivity index (χ4n) is 2.85. The van der Waals surface area contributed by atoms with Crippen LogP contribution in [0.1, 0.15) is 17.7 Å². The lowest BCUT2D eigenvalue weighted by atomic mass is 9.82. The van der Waals surface area contributed by atoms with Crippen molar-refractivity contribution in [2.45, 2.75) is 18.4 Å². The fourth-order valence-corrected chi connectivity index (χ4v) is 3.57. The predicted octanol–water partition coefficient (Wildman–Crippen LogP) is 2.58. The number of hydrogen-bond donors (Lipinski definition) is 1. The summed E-state index contributed by atoms with van der Waals surface area (Å²) in [6.07, 6.45) is 5.65. The van der Waals surface area contributed by atoms with Gasteiger partial charge in [0.25, 0.3) is 0 Å². The van der Waals surface area contributed by atoms with Crippen LogP contribution in [-0.4, -0.2) is 16.0 Å². The Balaban J connectivity index is 1.72. The smallest absolute Gasteiger partial charge is 0.193 e. The van der Waals surface area contributed by atoms with Crippen molar-refractivity contribution in [3.05, 3.63) is 53.3 Å². The molecule has 0 spiro atoms. The number of ether oxygens (including phenoxy) is 1. The van der Waals surface area contributed by atoms with Crippen molar-refractivity contribution in [3.63, 3.8) is 0 Å². The van der Waals surface area contributed by atoms with Crippen molar-refractivity contribution in [1.82, 2.24) is 9.38 Å². The summed E-state index contributed by atoms with van der Waals surface area (Å²) in [7, 11) is 0. The second-order valence-corrected chi connectivity index (χ2v) is 6.13. The number of nitrogens with zero attached hydrogens (tertiary/aromatic N) is 2. The first-order valence-electron chi connectivity index (χ1n) is 6.67. The van der Waals surface area contributed by atoms with Gasteiger partial charge in [-0.05, 0) is 6.07 Å². The zero-order chi connectivity index (χ0) is 13.6. The van der Waals surface area contributed by atoms with E-state index in [2.05, 4.69) is 21.6 Å². The van der Waals surface area contributed by atoms with Gasteiger partial charge in [0.05, 0.1) is 17.8 Å². The summed E-state index contributed by atoms with van der Waals surface area (Å²) in [5.41, 5.74) is 8.40. The summed E-state index contributed by atoms with van der Waals surface area (Å²) in [6, 6.07) is 8.05. The van der Waals surface area contributed by atoms with Crippen LogP contribution in [0.2, 0.25) is 0 Å². The molecule has 0 radical (unpaired) electrons. The lowest BCUT2D eigenvalue weighted by Crippen LogP contribution is -2.43. The standard InChI is InChI=1S/C15H15N3OS/c16-15(5-7-19-13-4-2-1-3-12(13)15)9-11-10-18-6-8-20-14(18)17-11/h1-4,6,8,10H,5,7,9,16H2. The largest absolute Gasteiger partial charge is 0.493 e. The highest BCUT2D eigenvalue weighted by atomic mass is 32.1. The highest BCUT2D eigenvalue weighted by Crippen LogP contribution is 2.37. The van der Waals surface area contributed by atoms with Gasteiger partial charge in [-0.1, -0.05) is 18.2 Å². The summed E-state index contributed by atoms with van der Waals surface area (Å²) in [6.45, 7) is 0.662. The summed E-state index contributed by atoms with van der Waals surface area (Å²) in [5, 5.41) is 2.04. The van der Waals surface area contributed by atoms with Crippen molar-refractivity contribution < 1.29 is 4.74 Å². The van der Waals surface area contributed by atoms with Crippen LogP contribution in [0.3, 0.4) is 0 Å². The molecule has 1 aliphatic rings. The molecule has 0 saturated carbocycles. The van der Waals surface area contributed by atoms with Crippen LogP contribution in [0.4, 0.5) is 0 Å². The molecule has 1 atom stereocenters. The molecule has 1 aromatic carbocycles. The number of benzene rings is 1. The van der Waals surface area contributed by atoms with Gasteiger partial charge < -0.3 is 10.5 Å². The van der Waals surface area contributed by atoms with E-state index in [-0.39, 0.29) is 0 Å². The first-order chi connectivity index (χ1) is 9.74. The van der Waals surface area contributed by atoms with E-state index >= 15 is 0 Å². The zero-order valence-electron chi connectivity index (χ0n) is 11.0. The molecule has 1 unspecified atom stereocenters. The van der Waals surface area contributed by atoms with Crippen molar-refractivity contribution in [2.24, 2.45) is 5.73 Å². The number of rotatable bonds is 2. The van der Waals surface area contributed by atoms with Crippen LogP contribution in [0, 0.1) is 0 Å². The summed E-state index contributed by atoms with van der Waals surface area (Å²) in [5.74, 6) is 0.905. The van der Waals surface area contributed by atoms with E-state index in [1.165, 1.54) is 0 Å². The molecule has 2 aromatic heterocycles. The van der Waals surface area contributed by atoms with E-state index in [4.69, 9.17) is 10.5 Å². The monoisotopic (exact) mass is 285 g/mol. The Labute approximate surface area is 120 Å². The highest BCUT2D eigenvalue weighted by molar-refractivity contribution is 7.15. The zero-order valence-corrected chi connectivity index (χ0v) is 11.8. The molecule has 0 saturated heterocycles. The second-order valence-electron chi connectivity index (χ2n) is 5.25. The molecule has 4 rings (SSSR count). The van der Waals surface area contributed by atoms with Gasteiger partial charge in [0.2, 0.25) is 0 Å². The molecule has 0 aliphatic carbocycles.